The van der Waals surface area contributed by atoms with Crippen molar-refractivity contribution in [2.75, 3.05) is 45.2 Å². The van der Waals surface area contributed by atoms with Crippen LogP contribution in [0.2, 0.25) is 0 Å². The monoisotopic (exact) mass is 509 g/mol. The number of hydrogen-bond acceptors (Lipinski definition) is 7. The number of nitrogens with zero attached hydrogens (tertiary/aromatic N) is 4. The fourth-order valence-electron chi connectivity index (χ4n) is 3.70. The highest BCUT2D eigenvalue weighted by atomic mass is 19.3. The van der Waals surface area contributed by atoms with Crippen molar-refractivity contribution < 1.29 is 37.4 Å². The molecule has 3 rings (SSSR count). The fourth-order valence-corrected chi connectivity index (χ4v) is 3.70. The molecule has 0 bridgehead atoms. The number of hydrogen-bond donors (Lipinski definition) is 1. The van der Waals surface area contributed by atoms with Gasteiger partial charge in [-0.25, -0.2) is 4.79 Å². The first-order chi connectivity index (χ1) is 17.1. The van der Waals surface area contributed by atoms with E-state index in [0.29, 0.717) is 44.2 Å². The Balaban J connectivity index is 1.65. The molecule has 1 fully saturated rings. The lowest BCUT2D eigenvalue weighted by Crippen LogP contribution is -2.52. The summed E-state index contributed by atoms with van der Waals surface area (Å²) in [4.78, 5) is 40.8. The van der Waals surface area contributed by atoms with Gasteiger partial charge in [0.15, 0.2) is 11.5 Å². The first kappa shape index (κ1) is 26.7. The number of carbonyl (C=O) groups is 3. The van der Waals surface area contributed by atoms with Gasteiger partial charge in [0.05, 0.1) is 25.1 Å². The molecule has 2 aromatic rings. The summed E-state index contributed by atoms with van der Waals surface area (Å²) in [7, 11) is 1.28. The Morgan fingerprint density at radius 2 is 1.78 bits per heavy atom. The molecule has 1 unspecified atom stereocenters. The van der Waals surface area contributed by atoms with Crippen LogP contribution >= 0.6 is 0 Å². The summed E-state index contributed by atoms with van der Waals surface area (Å²) in [6.45, 7) is 3.88. The Kier molecular flexibility index (Phi) is 8.67. The third-order valence-corrected chi connectivity index (χ3v) is 5.68. The molecule has 196 valence electrons. The molecule has 1 aliphatic rings. The van der Waals surface area contributed by atoms with Crippen molar-refractivity contribution in [3.05, 3.63) is 35.7 Å². The van der Waals surface area contributed by atoms with Crippen LogP contribution in [0.5, 0.6) is 11.5 Å². The van der Waals surface area contributed by atoms with Crippen molar-refractivity contribution >= 4 is 23.6 Å². The molecule has 1 N–H and O–H groups in total. The lowest BCUT2D eigenvalue weighted by atomic mass is 10.2. The van der Waals surface area contributed by atoms with Crippen LogP contribution in [0.25, 0.3) is 0 Å². The minimum absolute atomic E-state index is 0.0161. The number of amides is 3. The number of ether oxygens (including phenoxy) is 3. The molecule has 1 saturated heterocycles. The smallest absolute Gasteiger partial charge is 0.409 e. The number of alkyl halides is 2. The Morgan fingerprint density at radius 3 is 2.39 bits per heavy atom. The molecule has 2 heterocycles. The number of aryl methyl sites for hydroxylation is 1. The van der Waals surface area contributed by atoms with Crippen molar-refractivity contribution in [3.63, 3.8) is 0 Å². The number of nitrogens with one attached hydrogen (secondary N) is 1. The lowest BCUT2D eigenvalue weighted by molar-refractivity contribution is -0.136. The molecule has 0 radical (unpaired) electrons. The van der Waals surface area contributed by atoms with Gasteiger partial charge in [-0.05, 0) is 39.0 Å². The van der Waals surface area contributed by atoms with Crippen LogP contribution in [0.15, 0.2) is 24.4 Å². The zero-order valence-corrected chi connectivity index (χ0v) is 20.5. The Hall–Kier alpha value is -3.90. The van der Waals surface area contributed by atoms with Gasteiger partial charge in [0.2, 0.25) is 5.91 Å². The number of methoxy groups -OCH3 is 1. The second-order valence-corrected chi connectivity index (χ2v) is 7.99. The van der Waals surface area contributed by atoms with Gasteiger partial charge in [-0.2, -0.15) is 13.9 Å². The summed E-state index contributed by atoms with van der Waals surface area (Å²) >= 11 is 0. The molecule has 1 aromatic heterocycles. The Morgan fingerprint density at radius 1 is 1.11 bits per heavy atom. The molecule has 0 saturated carbocycles. The minimum atomic E-state index is -3.03. The fraction of sp³-hybridized carbons (Fsp3) is 0.478. The van der Waals surface area contributed by atoms with E-state index in [-0.39, 0.29) is 23.0 Å². The number of anilines is 1. The Labute approximate surface area is 206 Å². The number of benzene rings is 1. The maximum absolute atomic E-state index is 13.0. The van der Waals surface area contributed by atoms with E-state index in [4.69, 9.17) is 9.47 Å². The van der Waals surface area contributed by atoms with Gasteiger partial charge in [-0.3, -0.25) is 14.3 Å². The van der Waals surface area contributed by atoms with Crippen LogP contribution < -0.4 is 14.8 Å². The molecule has 3 amide bonds. The minimum Gasteiger partial charge on any atom is -0.493 e. The van der Waals surface area contributed by atoms with Gasteiger partial charge >= 0.3 is 12.7 Å². The summed E-state index contributed by atoms with van der Waals surface area (Å²) in [5, 5.41) is 7.08. The molecule has 1 aliphatic heterocycles. The molecule has 36 heavy (non-hydrogen) atoms. The zero-order chi connectivity index (χ0) is 26.4. The van der Waals surface area contributed by atoms with Crippen LogP contribution in [-0.4, -0.2) is 84.0 Å². The number of carbonyl (C=O) groups excluding carboxylic acids is 3. The number of rotatable bonds is 8. The average molecular weight is 510 g/mol. The van der Waals surface area contributed by atoms with Crippen molar-refractivity contribution in [1.29, 1.82) is 0 Å². The van der Waals surface area contributed by atoms with Crippen molar-refractivity contribution in [3.8, 4) is 11.5 Å². The van der Waals surface area contributed by atoms with E-state index in [1.807, 2.05) is 0 Å². The van der Waals surface area contributed by atoms with Crippen LogP contribution in [0.1, 0.15) is 35.9 Å². The molecule has 11 nitrogen and oxygen atoms in total. The SMILES string of the molecule is CCOC(=O)N1CCN(C(=O)C(C)n2cc(NC(=O)c3ccc(OC(F)F)c(OC)c3)c(C)n2)CC1. The van der Waals surface area contributed by atoms with E-state index in [9.17, 15) is 23.2 Å². The molecular formula is C23H29F2N5O6. The first-order valence-corrected chi connectivity index (χ1v) is 11.3. The van der Waals surface area contributed by atoms with Crippen LogP contribution in [0.4, 0.5) is 19.3 Å². The maximum Gasteiger partial charge on any atom is 0.409 e. The van der Waals surface area contributed by atoms with Crippen LogP contribution in [0, 0.1) is 6.92 Å². The predicted molar refractivity (Wildman–Crippen MR) is 124 cm³/mol. The second-order valence-electron chi connectivity index (χ2n) is 7.99. The lowest BCUT2D eigenvalue weighted by Gasteiger charge is -2.35. The standard InChI is InChI=1S/C23H29F2N5O6/c1-5-35-23(33)29-10-8-28(9-11-29)21(32)15(3)30-13-17(14(2)27-30)26-20(31)16-6-7-18(36-22(24)25)19(12-16)34-4/h6-7,12-13,15,22H,5,8-11H2,1-4H3,(H,26,31). The first-order valence-electron chi connectivity index (χ1n) is 11.3. The third-order valence-electron chi connectivity index (χ3n) is 5.68. The summed E-state index contributed by atoms with van der Waals surface area (Å²) in [6.07, 6.45) is 1.16. The van der Waals surface area contributed by atoms with Gasteiger partial charge in [0.1, 0.15) is 6.04 Å². The van der Waals surface area contributed by atoms with Crippen LogP contribution in [0.3, 0.4) is 0 Å². The highest BCUT2D eigenvalue weighted by molar-refractivity contribution is 6.05. The third kappa shape index (κ3) is 6.20. The van der Waals surface area contributed by atoms with Gasteiger partial charge in [0.25, 0.3) is 5.91 Å². The number of piperazine rings is 1. The molecule has 1 aromatic carbocycles. The molecule has 1 atom stereocenters. The van der Waals surface area contributed by atoms with Gasteiger partial charge in [0, 0.05) is 37.9 Å². The average Bonchev–Trinajstić information content (AvgIpc) is 3.23. The van der Waals surface area contributed by atoms with Crippen LogP contribution in [-0.2, 0) is 9.53 Å². The number of halogens is 2. The molecule has 0 aliphatic carbocycles. The van der Waals surface area contributed by atoms with E-state index < -0.39 is 24.7 Å². The van der Waals surface area contributed by atoms with Crippen molar-refractivity contribution in [2.24, 2.45) is 0 Å². The number of aromatic nitrogens is 2. The van der Waals surface area contributed by atoms with E-state index >= 15 is 0 Å². The van der Waals surface area contributed by atoms with E-state index in [1.165, 1.54) is 30.0 Å². The van der Waals surface area contributed by atoms with Gasteiger partial charge in [-0.15, -0.1) is 0 Å². The van der Waals surface area contributed by atoms with Gasteiger partial charge in [-0.1, -0.05) is 0 Å². The topological polar surface area (TPSA) is 115 Å². The van der Waals surface area contributed by atoms with E-state index in [2.05, 4.69) is 15.2 Å². The van der Waals surface area contributed by atoms with E-state index in [1.54, 1.807) is 36.8 Å². The highest BCUT2D eigenvalue weighted by Gasteiger charge is 2.29. The highest BCUT2D eigenvalue weighted by Crippen LogP contribution is 2.30. The largest absolute Gasteiger partial charge is 0.493 e. The summed E-state index contributed by atoms with van der Waals surface area (Å²) < 4.78 is 40.9. The molecule has 13 heteroatoms. The van der Waals surface area contributed by atoms with Crippen molar-refractivity contribution in [2.45, 2.75) is 33.4 Å². The quantitative estimate of drug-likeness (QED) is 0.582. The maximum atomic E-state index is 13.0. The zero-order valence-electron chi connectivity index (χ0n) is 20.5. The molecular weight excluding hydrogens is 480 g/mol. The van der Waals surface area contributed by atoms with E-state index in [0.717, 1.165) is 0 Å². The van der Waals surface area contributed by atoms with Gasteiger partial charge < -0.3 is 29.3 Å². The normalized spacial score (nSPS) is 14.4. The predicted octanol–water partition coefficient (Wildman–Crippen LogP) is 2.92. The summed E-state index contributed by atoms with van der Waals surface area (Å²) in [5.74, 6) is -0.895. The molecule has 0 spiro atoms. The Bertz CT molecular complexity index is 1100. The second kappa shape index (κ2) is 11.7. The summed E-state index contributed by atoms with van der Waals surface area (Å²) in [5.41, 5.74) is 1.03. The van der Waals surface area contributed by atoms with Crippen molar-refractivity contribution in [1.82, 2.24) is 19.6 Å². The summed E-state index contributed by atoms with van der Waals surface area (Å²) in [6, 6.07) is 3.19.